The molecule has 3 nitrogen and oxygen atoms in total. The summed E-state index contributed by atoms with van der Waals surface area (Å²) in [4.78, 5) is 0.213. The fraction of sp³-hybridized carbons (Fsp3) is 0.133. The lowest BCUT2D eigenvalue weighted by atomic mass is 10.2. The van der Waals surface area contributed by atoms with E-state index in [2.05, 4.69) is 0 Å². The molecule has 0 atom stereocenters. The first-order valence-corrected chi connectivity index (χ1v) is 6.85. The largest absolute Gasteiger partial charge is 0.494 e. The van der Waals surface area contributed by atoms with E-state index in [1.165, 1.54) is 7.11 Å². The molecule has 2 rings (SSSR count). The van der Waals surface area contributed by atoms with Gasteiger partial charge >= 0.3 is 0 Å². The Bertz CT molecular complexity index is 679. The smallest absolute Gasteiger partial charge is 0.171 e. The summed E-state index contributed by atoms with van der Waals surface area (Å²) in [6.45, 7) is 0.0613. The Morgan fingerprint density at radius 3 is 2.71 bits per heavy atom. The van der Waals surface area contributed by atoms with E-state index in [-0.39, 0.29) is 17.3 Å². The number of rotatable bonds is 5. The number of benzene rings is 2. The average Bonchev–Trinajstić information content (AvgIpc) is 2.46. The van der Waals surface area contributed by atoms with Gasteiger partial charge in [0.1, 0.15) is 17.3 Å². The van der Waals surface area contributed by atoms with Crippen LogP contribution in [0.5, 0.6) is 11.5 Å². The van der Waals surface area contributed by atoms with Crippen LogP contribution in [0.1, 0.15) is 11.1 Å². The van der Waals surface area contributed by atoms with Crippen molar-refractivity contribution in [2.24, 2.45) is 5.73 Å². The van der Waals surface area contributed by atoms with Gasteiger partial charge in [0.15, 0.2) is 11.6 Å². The second-order valence-corrected chi connectivity index (χ2v) is 5.07. The minimum absolute atomic E-state index is 0.0613. The fourth-order valence-corrected chi connectivity index (χ4v) is 2.28. The summed E-state index contributed by atoms with van der Waals surface area (Å²) in [5.41, 5.74) is 6.49. The quantitative estimate of drug-likeness (QED) is 0.851. The molecule has 0 aliphatic carbocycles. The van der Waals surface area contributed by atoms with Gasteiger partial charge in [-0.25, -0.2) is 4.39 Å². The molecule has 2 aromatic carbocycles. The summed E-state index contributed by atoms with van der Waals surface area (Å²) in [6.07, 6.45) is 0. The van der Waals surface area contributed by atoms with Crippen LogP contribution < -0.4 is 15.2 Å². The Hall–Kier alpha value is -1.85. The zero-order valence-corrected chi connectivity index (χ0v) is 12.8. The molecule has 0 radical (unpaired) electrons. The number of hydrogen-bond donors (Lipinski definition) is 1. The molecule has 0 saturated carbocycles. The van der Waals surface area contributed by atoms with E-state index >= 15 is 0 Å². The Kier molecular flexibility index (Phi) is 4.98. The SMILES string of the molecule is COc1cccc(COc2ccc(C(N)=S)c(Cl)c2)c1F. The van der Waals surface area contributed by atoms with Crippen molar-refractivity contribution in [3.05, 3.63) is 58.4 Å². The van der Waals surface area contributed by atoms with Crippen LogP contribution in [0, 0.1) is 5.82 Å². The highest BCUT2D eigenvalue weighted by atomic mass is 35.5. The van der Waals surface area contributed by atoms with Crippen molar-refractivity contribution in [2.45, 2.75) is 6.61 Å². The molecule has 0 heterocycles. The summed E-state index contributed by atoms with van der Waals surface area (Å²) in [7, 11) is 1.41. The molecule has 0 aliphatic heterocycles. The minimum atomic E-state index is -0.439. The van der Waals surface area contributed by atoms with E-state index in [0.717, 1.165) is 0 Å². The van der Waals surface area contributed by atoms with E-state index < -0.39 is 5.82 Å². The lowest BCUT2D eigenvalue weighted by Gasteiger charge is -2.10. The lowest BCUT2D eigenvalue weighted by Crippen LogP contribution is -2.10. The second kappa shape index (κ2) is 6.74. The molecule has 6 heteroatoms. The van der Waals surface area contributed by atoms with E-state index in [1.54, 1.807) is 36.4 Å². The van der Waals surface area contributed by atoms with Crippen LogP contribution in [-0.4, -0.2) is 12.1 Å². The maximum absolute atomic E-state index is 14.0. The van der Waals surface area contributed by atoms with Crippen LogP contribution >= 0.6 is 23.8 Å². The topological polar surface area (TPSA) is 44.5 Å². The third-order valence-electron chi connectivity index (χ3n) is 2.86. The molecule has 0 bridgehead atoms. The molecular formula is C15H13ClFNO2S. The zero-order chi connectivity index (χ0) is 15.4. The van der Waals surface area contributed by atoms with Crippen LogP contribution in [0.25, 0.3) is 0 Å². The van der Waals surface area contributed by atoms with Crippen molar-refractivity contribution in [1.82, 2.24) is 0 Å². The molecule has 110 valence electrons. The monoisotopic (exact) mass is 325 g/mol. The molecule has 0 amide bonds. The van der Waals surface area contributed by atoms with Crippen molar-refractivity contribution in [2.75, 3.05) is 7.11 Å². The van der Waals surface area contributed by atoms with Crippen molar-refractivity contribution in [1.29, 1.82) is 0 Å². The molecule has 0 spiro atoms. The predicted octanol–water partition coefficient (Wildman–Crippen LogP) is 3.70. The highest BCUT2D eigenvalue weighted by Crippen LogP contribution is 2.25. The van der Waals surface area contributed by atoms with Gasteiger partial charge < -0.3 is 15.2 Å². The van der Waals surface area contributed by atoms with Gasteiger partial charge in [0.05, 0.1) is 12.1 Å². The van der Waals surface area contributed by atoms with Crippen molar-refractivity contribution in [3.8, 4) is 11.5 Å². The molecule has 0 aliphatic rings. The van der Waals surface area contributed by atoms with Gasteiger partial charge in [-0.2, -0.15) is 0 Å². The van der Waals surface area contributed by atoms with Crippen LogP contribution in [0.15, 0.2) is 36.4 Å². The van der Waals surface area contributed by atoms with Crippen LogP contribution in [0.4, 0.5) is 4.39 Å². The molecule has 0 unspecified atom stereocenters. The van der Waals surface area contributed by atoms with Crippen LogP contribution in [0.3, 0.4) is 0 Å². The summed E-state index contributed by atoms with van der Waals surface area (Å²) in [6, 6.07) is 9.81. The van der Waals surface area contributed by atoms with Gasteiger partial charge in [-0.1, -0.05) is 36.0 Å². The molecule has 2 aromatic rings. The van der Waals surface area contributed by atoms with Gasteiger partial charge in [-0.15, -0.1) is 0 Å². The highest BCUT2D eigenvalue weighted by molar-refractivity contribution is 7.80. The molecule has 21 heavy (non-hydrogen) atoms. The normalized spacial score (nSPS) is 10.2. The minimum Gasteiger partial charge on any atom is -0.494 e. The number of nitrogens with two attached hydrogens (primary N) is 1. The maximum Gasteiger partial charge on any atom is 0.171 e. The first-order valence-electron chi connectivity index (χ1n) is 6.06. The standard InChI is InChI=1S/C15H13ClFNO2S/c1-19-13-4-2-3-9(14(13)17)8-20-10-5-6-11(15(18)21)12(16)7-10/h2-7H,8H2,1H3,(H2,18,21). The predicted molar refractivity (Wildman–Crippen MR) is 84.6 cm³/mol. The maximum atomic E-state index is 14.0. The molecule has 0 fully saturated rings. The van der Waals surface area contributed by atoms with Gasteiger partial charge in [0.25, 0.3) is 0 Å². The summed E-state index contributed by atoms with van der Waals surface area (Å²) in [5, 5.41) is 0.395. The van der Waals surface area contributed by atoms with E-state index in [1.807, 2.05) is 0 Å². The van der Waals surface area contributed by atoms with Gasteiger partial charge in [0, 0.05) is 11.1 Å². The van der Waals surface area contributed by atoms with Crippen LogP contribution in [0.2, 0.25) is 5.02 Å². The van der Waals surface area contributed by atoms with Gasteiger partial charge in [0.2, 0.25) is 0 Å². The number of halogens is 2. The third kappa shape index (κ3) is 3.62. The fourth-order valence-electron chi connectivity index (χ4n) is 1.77. The summed E-state index contributed by atoms with van der Waals surface area (Å²) in [5.74, 6) is 0.242. The van der Waals surface area contributed by atoms with Gasteiger partial charge in [-0.3, -0.25) is 0 Å². The van der Waals surface area contributed by atoms with E-state index in [0.29, 0.717) is 21.9 Å². The van der Waals surface area contributed by atoms with E-state index in [4.69, 9.17) is 39.0 Å². The van der Waals surface area contributed by atoms with Gasteiger partial charge in [-0.05, 0) is 24.3 Å². The molecular weight excluding hydrogens is 313 g/mol. The Morgan fingerprint density at radius 1 is 1.33 bits per heavy atom. The highest BCUT2D eigenvalue weighted by Gasteiger charge is 2.10. The first-order chi connectivity index (χ1) is 10.0. The van der Waals surface area contributed by atoms with Crippen molar-refractivity contribution in [3.63, 3.8) is 0 Å². The van der Waals surface area contributed by atoms with Crippen molar-refractivity contribution < 1.29 is 13.9 Å². The zero-order valence-electron chi connectivity index (χ0n) is 11.2. The Balaban J connectivity index is 2.14. The molecule has 2 N–H and O–H groups in total. The molecule has 0 aromatic heterocycles. The number of hydrogen-bond acceptors (Lipinski definition) is 3. The second-order valence-electron chi connectivity index (χ2n) is 4.23. The average molecular weight is 326 g/mol. The summed E-state index contributed by atoms with van der Waals surface area (Å²) >= 11 is 10.9. The van der Waals surface area contributed by atoms with Crippen molar-refractivity contribution >= 4 is 28.8 Å². The van der Waals surface area contributed by atoms with Crippen LogP contribution in [-0.2, 0) is 6.61 Å². The lowest BCUT2D eigenvalue weighted by molar-refractivity contribution is 0.295. The first kappa shape index (κ1) is 15.5. The number of thiocarbonyl (C=S) groups is 1. The number of ether oxygens (including phenoxy) is 2. The summed E-state index contributed by atoms with van der Waals surface area (Å²) < 4.78 is 24.4. The van der Waals surface area contributed by atoms with E-state index in [9.17, 15) is 4.39 Å². The third-order valence-corrected chi connectivity index (χ3v) is 3.40. The Labute approximate surface area is 132 Å². The Morgan fingerprint density at radius 2 is 2.10 bits per heavy atom. The molecule has 0 saturated heterocycles. The number of methoxy groups -OCH3 is 1.